The van der Waals surface area contributed by atoms with Crippen LogP contribution in [-0.4, -0.2) is 6.54 Å². The quantitative estimate of drug-likeness (QED) is 0.757. The van der Waals surface area contributed by atoms with E-state index in [2.05, 4.69) is 53.3 Å². The number of aryl methyl sites for hydroxylation is 1. The van der Waals surface area contributed by atoms with Gasteiger partial charge < -0.3 is 5.32 Å². The lowest BCUT2D eigenvalue weighted by atomic mass is 9.97. The molecule has 1 atom stereocenters. The van der Waals surface area contributed by atoms with Crippen LogP contribution < -0.4 is 5.32 Å². The molecule has 0 aliphatic rings. The van der Waals surface area contributed by atoms with Crippen molar-refractivity contribution in [2.75, 3.05) is 6.54 Å². The van der Waals surface area contributed by atoms with E-state index in [1.54, 1.807) is 0 Å². The Bertz CT molecular complexity index is 560. The first-order valence-electron chi connectivity index (χ1n) is 7.33. The van der Waals surface area contributed by atoms with E-state index in [0.29, 0.717) is 0 Å². The van der Waals surface area contributed by atoms with E-state index in [0.717, 1.165) is 29.4 Å². The molecule has 0 bridgehead atoms. The Morgan fingerprint density at radius 3 is 2.48 bits per heavy atom. The van der Waals surface area contributed by atoms with E-state index >= 15 is 0 Å². The van der Waals surface area contributed by atoms with Crippen LogP contribution in [0.4, 0.5) is 4.39 Å². The van der Waals surface area contributed by atoms with Gasteiger partial charge in [0, 0.05) is 10.5 Å². The lowest BCUT2D eigenvalue weighted by Gasteiger charge is -2.20. The highest BCUT2D eigenvalue weighted by Gasteiger charge is 2.12. The average molecular weight is 350 g/mol. The molecular weight excluding hydrogens is 329 g/mol. The van der Waals surface area contributed by atoms with Gasteiger partial charge in [-0.05, 0) is 67.3 Å². The van der Waals surface area contributed by atoms with E-state index in [1.165, 1.54) is 23.3 Å². The van der Waals surface area contributed by atoms with Crippen LogP contribution in [0.3, 0.4) is 0 Å². The van der Waals surface area contributed by atoms with E-state index < -0.39 is 0 Å². The monoisotopic (exact) mass is 349 g/mol. The molecule has 0 radical (unpaired) electrons. The van der Waals surface area contributed by atoms with E-state index in [-0.39, 0.29) is 11.9 Å². The van der Waals surface area contributed by atoms with E-state index in [4.69, 9.17) is 0 Å². The van der Waals surface area contributed by atoms with Crippen LogP contribution in [0.5, 0.6) is 0 Å². The summed E-state index contributed by atoms with van der Waals surface area (Å²) in [6, 6.07) is 13.5. The highest BCUT2D eigenvalue weighted by Crippen LogP contribution is 2.24. The molecule has 0 heterocycles. The lowest BCUT2D eigenvalue weighted by Crippen LogP contribution is -2.24. The molecule has 0 aliphatic carbocycles. The summed E-state index contributed by atoms with van der Waals surface area (Å²) < 4.78 is 14.1. The molecule has 0 amide bonds. The highest BCUT2D eigenvalue weighted by molar-refractivity contribution is 9.10. The number of benzene rings is 2. The van der Waals surface area contributed by atoms with Crippen LogP contribution in [0.2, 0.25) is 0 Å². The molecule has 0 aliphatic heterocycles. The van der Waals surface area contributed by atoms with Crippen LogP contribution in [0.15, 0.2) is 46.9 Å². The summed E-state index contributed by atoms with van der Waals surface area (Å²) in [4.78, 5) is 0. The first-order chi connectivity index (χ1) is 10.1. The van der Waals surface area contributed by atoms with Crippen LogP contribution in [-0.2, 0) is 6.42 Å². The van der Waals surface area contributed by atoms with Crippen molar-refractivity contribution in [3.8, 4) is 0 Å². The summed E-state index contributed by atoms with van der Waals surface area (Å²) in [6.45, 7) is 5.23. The molecule has 0 fully saturated rings. The van der Waals surface area contributed by atoms with Gasteiger partial charge in [-0.1, -0.05) is 41.1 Å². The normalized spacial score (nSPS) is 12.4. The van der Waals surface area contributed by atoms with Crippen LogP contribution in [0.1, 0.15) is 36.1 Å². The summed E-state index contributed by atoms with van der Waals surface area (Å²) >= 11 is 3.57. The smallest absolute Gasteiger partial charge is 0.123 e. The molecule has 21 heavy (non-hydrogen) atoms. The van der Waals surface area contributed by atoms with Crippen molar-refractivity contribution in [1.29, 1.82) is 0 Å². The number of nitrogens with one attached hydrogen (secondary N) is 1. The lowest BCUT2D eigenvalue weighted by molar-refractivity contribution is 0.528. The molecule has 0 saturated carbocycles. The maximum Gasteiger partial charge on any atom is 0.123 e. The third-order valence-corrected chi connectivity index (χ3v) is 3.92. The second-order valence-corrected chi connectivity index (χ2v) is 6.31. The second-order valence-electron chi connectivity index (χ2n) is 5.40. The third kappa shape index (κ3) is 4.94. The Balaban J connectivity index is 2.22. The van der Waals surface area contributed by atoms with Gasteiger partial charge in [0.2, 0.25) is 0 Å². The fourth-order valence-corrected chi connectivity index (χ4v) is 3.07. The fraction of sp³-hybridized carbons (Fsp3) is 0.333. The zero-order valence-corrected chi connectivity index (χ0v) is 14.1. The average Bonchev–Trinajstić information content (AvgIpc) is 2.44. The van der Waals surface area contributed by atoms with Gasteiger partial charge in [-0.3, -0.25) is 0 Å². The molecule has 2 aromatic carbocycles. The molecule has 1 unspecified atom stereocenters. The number of hydrogen-bond acceptors (Lipinski definition) is 1. The highest BCUT2D eigenvalue weighted by atomic mass is 79.9. The van der Waals surface area contributed by atoms with Crippen LogP contribution >= 0.6 is 15.9 Å². The maximum atomic E-state index is 13.0. The molecule has 1 N–H and O–H groups in total. The fourth-order valence-electron chi connectivity index (χ4n) is 2.45. The van der Waals surface area contributed by atoms with Crippen molar-refractivity contribution >= 4 is 15.9 Å². The first kappa shape index (κ1) is 16.2. The minimum atomic E-state index is -0.185. The van der Waals surface area contributed by atoms with E-state index in [1.807, 2.05) is 12.1 Å². The molecule has 2 aromatic rings. The minimum absolute atomic E-state index is 0.185. The van der Waals surface area contributed by atoms with Gasteiger partial charge in [-0.2, -0.15) is 0 Å². The van der Waals surface area contributed by atoms with Gasteiger partial charge in [0.1, 0.15) is 5.82 Å². The van der Waals surface area contributed by atoms with Crippen molar-refractivity contribution in [3.05, 3.63) is 69.4 Å². The predicted molar refractivity (Wildman–Crippen MR) is 90.0 cm³/mol. The van der Waals surface area contributed by atoms with Gasteiger partial charge >= 0.3 is 0 Å². The number of rotatable bonds is 6. The Labute approximate surface area is 134 Å². The largest absolute Gasteiger partial charge is 0.310 e. The summed E-state index contributed by atoms with van der Waals surface area (Å²) in [5, 5.41) is 3.59. The molecule has 0 aromatic heterocycles. The van der Waals surface area contributed by atoms with Gasteiger partial charge in [0.25, 0.3) is 0 Å². The number of halogens is 2. The van der Waals surface area contributed by atoms with Crippen molar-refractivity contribution < 1.29 is 4.39 Å². The van der Waals surface area contributed by atoms with Crippen LogP contribution in [0, 0.1) is 12.7 Å². The Morgan fingerprint density at radius 1 is 1.14 bits per heavy atom. The van der Waals surface area contributed by atoms with Crippen molar-refractivity contribution in [3.63, 3.8) is 0 Å². The molecule has 0 spiro atoms. The van der Waals surface area contributed by atoms with E-state index in [9.17, 15) is 4.39 Å². The Hall–Kier alpha value is -1.19. The van der Waals surface area contributed by atoms with Crippen molar-refractivity contribution in [2.24, 2.45) is 0 Å². The summed E-state index contributed by atoms with van der Waals surface area (Å²) in [6.07, 6.45) is 1.95. The SMILES string of the molecule is CCCNC(Cc1ccc(F)cc1)c1cc(C)cc(Br)c1. The Kier molecular flexibility index (Phi) is 5.95. The third-order valence-electron chi connectivity index (χ3n) is 3.46. The Morgan fingerprint density at radius 2 is 1.86 bits per heavy atom. The topological polar surface area (TPSA) is 12.0 Å². The summed E-state index contributed by atoms with van der Waals surface area (Å²) in [7, 11) is 0. The van der Waals surface area contributed by atoms with Crippen molar-refractivity contribution in [1.82, 2.24) is 5.32 Å². The minimum Gasteiger partial charge on any atom is -0.310 e. The zero-order valence-electron chi connectivity index (χ0n) is 12.5. The zero-order chi connectivity index (χ0) is 15.2. The van der Waals surface area contributed by atoms with Gasteiger partial charge in [-0.25, -0.2) is 4.39 Å². The number of hydrogen-bond donors (Lipinski definition) is 1. The van der Waals surface area contributed by atoms with Crippen molar-refractivity contribution in [2.45, 2.75) is 32.7 Å². The van der Waals surface area contributed by atoms with Gasteiger partial charge in [0.15, 0.2) is 0 Å². The molecule has 112 valence electrons. The molecular formula is C18H21BrFN. The summed E-state index contributed by atoms with van der Waals surface area (Å²) in [5.74, 6) is -0.185. The molecule has 2 rings (SSSR count). The van der Waals surface area contributed by atoms with Crippen LogP contribution in [0.25, 0.3) is 0 Å². The van der Waals surface area contributed by atoms with Gasteiger partial charge in [-0.15, -0.1) is 0 Å². The molecule has 3 heteroatoms. The first-order valence-corrected chi connectivity index (χ1v) is 8.12. The van der Waals surface area contributed by atoms with Gasteiger partial charge in [0.05, 0.1) is 0 Å². The maximum absolute atomic E-state index is 13.0. The standard InChI is InChI=1S/C18H21BrFN/c1-3-8-21-18(11-14-4-6-17(20)7-5-14)15-9-13(2)10-16(19)12-15/h4-7,9-10,12,18,21H,3,8,11H2,1-2H3. The predicted octanol–water partition coefficient (Wildman–Crippen LogP) is 5.18. The molecule has 0 saturated heterocycles. The summed E-state index contributed by atoms with van der Waals surface area (Å²) in [5.41, 5.74) is 3.64. The molecule has 1 nitrogen and oxygen atoms in total. The second kappa shape index (κ2) is 7.71.